The van der Waals surface area contributed by atoms with Gasteiger partial charge in [-0.3, -0.25) is 10.2 Å². The molecule has 0 atom stereocenters. The summed E-state index contributed by atoms with van der Waals surface area (Å²) in [6.07, 6.45) is -0.668. The van der Waals surface area contributed by atoms with Gasteiger partial charge in [-0.25, -0.2) is 9.80 Å². The van der Waals surface area contributed by atoms with Crippen molar-refractivity contribution in [1.82, 2.24) is 10.4 Å². The number of nitrogens with one attached hydrogen (secondary N) is 1. The zero-order valence-corrected chi connectivity index (χ0v) is 13.2. The zero-order valence-electron chi connectivity index (χ0n) is 11.7. The van der Waals surface area contributed by atoms with Gasteiger partial charge in [-0.2, -0.15) is 0 Å². The number of carbonyl (C=O) groups excluding carboxylic acids is 2. The number of carbonyl (C=O) groups is 2. The molecule has 0 saturated carbocycles. The summed E-state index contributed by atoms with van der Waals surface area (Å²) in [5.74, 6) is -0.511. The fourth-order valence-corrected chi connectivity index (χ4v) is 1.80. The Bertz CT molecular complexity index is 507. The lowest BCUT2D eigenvalue weighted by atomic mass is 10.2. The van der Waals surface area contributed by atoms with Crippen LogP contribution in [0.25, 0.3) is 0 Å². The predicted octanol–water partition coefficient (Wildman–Crippen LogP) is 3.51. The molecule has 0 aliphatic heterocycles. The molecular formula is C13H16Cl2N2O3. The summed E-state index contributed by atoms with van der Waals surface area (Å²) in [5.41, 5.74) is 1.98. The number of hydrogen-bond donors (Lipinski definition) is 1. The van der Waals surface area contributed by atoms with Crippen molar-refractivity contribution in [2.75, 3.05) is 7.05 Å². The van der Waals surface area contributed by atoms with E-state index in [1.807, 2.05) is 0 Å². The molecule has 0 aliphatic carbocycles. The molecule has 0 saturated heterocycles. The highest BCUT2D eigenvalue weighted by Gasteiger charge is 2.21. The van der Waals surface area contributed by atoms with E-state index in [1.165, 1.54) is 25.2 Å². The van der Waals surface area contributed by atoms with Gasteiger partial charge >= 0.3 is 6.09 Å². The first kappa shape index (κ1) is 16.6. The van der Waals surface area contributed by atoms with Gasteiger partial charge < -0.3 is 4.74 Å². The molecule has 20 heavy (non-hydrogen) atoms. The molecule has 0 heterocycles. The number of rotatable bonds is 1. The van der Waals surface area contributed by atoms with Crippen LogP contribution in [-0.4, -0.2) is 29.7 Å². The minimum Gasteiger partial charge on any atom is -0.442 e. The molecule has 0 aliphatic rings. The van der Waals surface area contributed by atoms with E-state index < -0.39 is 17.6 Å². The maximum Gasteiger partial charge on any atom is 0.428 e. The Labute approximate surface area is 127 Å². The van der Waals surface area contributed by atoms with Crippen LogP contribution >= 0.6 is 23.2 Å². The topological polar surface area (TPSA) is 58.6 Å². The third-order valence-corrected chi connectivity index (χ3v) is 2.50. The van der Waals surface area contributed by atoms with Crippen molar-refractivity contribution in [1.29, 1.82) is 0 Å². The lowest BCUT2D eigenvalue weighted by molar-refractivity contribution is 0.0195. The largest absolute Gasteiger partial charge is 0.442 e. The average Bonchev–Trinajstić information content (AvgIpc) is 2.25. The van der Waals surface area contributed by atoms with Gasteiger partial charge in [0.05, 0.1) is 0 Å². The van der Waals surface area contributed by atoms with Crippen LogP contribution in [0, 0.1) is 0 Å². The third-order valence-electron chi connectivity index (χ3n) is 2.06. The second-order valence-electron chi connectivity index (χ2n) is 5.14. The molecule has 110 valence electrons. The molecule has 0 unspecified atom stereocenters. The molecular weight excluding hydrogens is 303 g/mol. The standard InChI is InChI=1S/C13H16Cl2N2O3/c1-13(2,3)20-12(19)17(4)16-11(18)8-5-9(14)7-10(15)6-8/h5-7H,1-4H3,(H,16,18). The van der Waals surface area contributed by atoms with Crippen molar-refractivity contribution in [2.24, 2.45) is 0 Å². The molecule has 5 nitrogen and oxygen atoms in total. The Balaban J connectivity index is 2.72. The lowest BCUT2D eigenvalue weighted by Crippen LogP contribution is -2.45. The van der Waals surface area contributed by atoms with E-state index in [2.05, 4.69) is 5.43 Å². The van der Waals surface area contributed by atoms with Crippen LogP contribution in [0.2, 0.25) is 10.0 Å². The molecule has 0 bridgehead atoms. The van der Waals surface area contributed by atoms with Crippen LogP contribution in [0.3, 0.4) is 0 Å². The Morgan fingerprint density at radius 3 is 2.10 bits per heavy atom. The van der Waals surface area contributed by atoms with Crippen molar-refractivity contribution in [3.8, 4) is 0 Å². The molecule has 0 spiro atoms. The summed E-state index contributed by atoms with van der Waals surface area (Å²) in [7, 11) is 1.39. The summed E-state index contributed by atoms with van der Waals surface area (Å²) < 4.78 is 5.10. The molecule has 0 fully saturated rings. The fourth-order valence-electron chi connectivity index (χ4n) is 1.28. The minimum absolute atomic E-state index is 0.248. The van der Waals surface area contributed by atoms with Crippen LogP contribution in [-0.2, 0) is 4.74 Å². The SMILES string of the molecule is CN(NC(=O)c1cc(Cl)cc(Cl)c1)C(=O)OC(C)(C)C. The van der Waals surface area contributed by atoms with Crippen LogP contribution in [0.5, 0.6) is 0 Å². The molecule has 1 aromatic rings. The second-order valence-corrected chi connectivity index (χ2v) is 6.01. The van der Waals surface area contributed by atoms with Crippen molar-refractivity contribution < 1.29 is 14.3 Å². The van der Waals surface area contributed by atoms with E-state index in [9.17, 15) is 9.59 Å². The van der Waals surface area contributed by atoms with Gasteiger partial charge in [-0.15, -0.1) is 0 Å². The molecule has 0 aromatic heterocycles. The Morgan fingerprint density at radius 1 is 1.15 bits per heavy atom. The summed E-state index contributed by atoms with van der Waals surface area (Å²) in [6.45, 7) is 5.20. The highest BCUT2D eigenvalue weighted by atomic mass is 35.5. The monoisotopic (exact) mass is 318 g/mol. The average molecular weight is 319 g/mol. The second kappa shape index (κ2) is 6.33. The molecule has 1 N–H and O–H groups in total. The van der Waals surface area contributed by atoms with Gasteiger partial charge in [-0.1, -0.05) is 23.2 Å². The smallest absolute Gasteiger partial charge is 0.428 e. The van der Waals surface area contributed by atoms with Gasteiger partial charge in [-0.05, 0) is 39.0 Å². The molecule has 1 aromatic carbocycles. The highest BCUT2D eigenvalue weighted by molar-refractivity contribution is 6.35. The van der Waals surface area contributed by atoms with Gasteiger partial charge in [0.15, 0.2) is 0 Å². The summed E-state index contributed by atoms with van der Waals surface area (Å²) >= 11 is 11.6. The molecule has 1 rings (SSSR count). The van der Waals surface area contributed by atoms with Crippen LogP contribution in [0.15, 0.2) is 18.2 Å². The predicted molar refractivity (Wildman–Crippen MR) is 77.9 cm³/mol. The van der Waals surface area contributed by atoms with E-state index >= 15 is 0 Å². The Morgan fingerprint density at radius 2 is 1.65 bits per heavy atom. The third kappa shape index (κ3) is 5.27. The number of halogens is 2. The number of nitrogens with zero attached hydrogens (tertiary/aromatic N) is 1. The van der Waals surface area contributed by atoms with E-state index in [0.717, 1.165) is 5.01 Å². The van der Waals surface area contributed by atoms with Gasteiger partial charge in [0.2, 0.25) is 0 Å². The van der Waals surface area contributed by atoms with E-state index in [-0.39, 0.29) is 5.56 Å². The van der Waals surface area contributed by atoms with Gasteiger partial charge in [0.25, 0.3) is 5.91 Å². The molecule has 0 radical (unpaired) electrons. The summed E-state index contributed by atoms with van der Waals surface area (Å²) in [6, 6.07) is 4.41. The van der Waals surface area contributed by atoms with Crippen molar-refractivity contribution >= 4 is 35.2 Å². The number of amides is 2. The highest BCUT2D eigenvalue weighted by Crippen LogP contribution is 2.19. The summed E-state index contributed by atoms with van der Waals surface area (Å²) in [4.78, 5) is 23.6. The van der Waals surface area contributed by atoms with Crippen LogP contribution < -0.4 is 5.43 Å². The summed E-state index contributed by atoms with van der Waals surface area (Å²) in [5, 5.41) is 1.63. The number of hydrazine groups is 1. The maximum absolute atomic E-state index is 12.0. The number of hydrogen-bond acceptors (Lipinski definition) is 3. The van der Waals surface area contributed by atoms with Crippen molar-refractivity contribution in [2.45, 2.75) is 26.4 Å². The number of ether oxygens (including phenoxy) is 1. The first-order valence-electron chi connectivity index (χ1n) is 5.82. The quantitative estimate of drug-likeness (QED) is 0.806. The molecule has 2 amide bonds. The molecule has 7 heteroatoms. The Hall–Kier alpha value is -1.46. The maximum atomic E-state index is 12.0. The van der Waals surface area contributed by atoms with E-state index in [4.69, 9.17) is 27.9 Å². The lowest BCUT2D eigenvalue weighted by Gasteiger charge is -2.24. The van der Waals surface area contributed by atoms with E-state index in [0.29, 0.717) is 10.0 Å². The van der Waals surface area contributed by atoms with Gasteiger partial charge in [0.1, 0.15) is 5.60 Å². The van der Waals surface area contributed by atoms with Crippen LogP contribution in [0.1, 0.15) is 31.1 Å². The first-order valence-corrected chi connectivity index (χ1v) is 6.58. The normalized spacial score (nSPS) is 10.9. The van der Waals surface area contributed by atoms with Crippen molar-refractivity contribution in [3.05, 3.63) is 33.8 Å². The van der Waals surface area contributed by atoms with Gasteiger partial charge in [0, 0.05) is 22.7 Å². The Kier molecular flexibility index (Phi) is 5.25. The zero-order chi connectivity index (χ0) is 15.5. The van der Waals surface area contributed by atoms with E-state index in [1.54, 1.807) is 20.8 Å². The van der Waals surface area contributed by atoms with Crippen molar-refractivity contribution in [3.63, 3.8) is 0 Å². The fraction of sp³-hybridized carbons (Fsp3) is 0.385. The number of benzene rings is 1. The minimum atomic E-state index is -0.668. The first-order chi connectivity index (χ1) is 9.08. The van der Waals surface area contributed by atoms with Crippen LogP contribution in [0.4, 0.5) is 4.79 Å².